The Balaban J connectivity index is 1.63. The van der Waals surface area contributed by atoms with Gasteiger partial charge in [0.25, 0.3) is 0 Å². The van der Waals surface area contributed by atoms with Crippen LogP contribution in [0.2, 0.25) is 0 Å². The average molecular weight is 357 g/mol. The highest BCUT2D eigenvalue weighted by molar-refractivity contribution is 5.55. The second-order valence-electron chi connectivity index (χ2n) is 5.88. The highest BCUT2D eigenvalue weighted by Crippen LogP contribution is 2.21. The van der Waals surface area contributed by atoms with Crippen LogP contribution in [0.4, 0.5) is 4.39 Å². The molecule has 0 saturated carbocycles. The summed E-state index contributed by atoms with van der Waals surface area (Å²) >= 11 is 0. The van der Waals surface area contributed by atoms with Crippen LogP contribution in [-0.4, -0.2) is 36.3 Å². The maximum atomic E-state index is 13.8. The second-order valence-corrected chi connectivity index (χ2v) is 5.88. The predicted octanol–water partition coefficient (Wildman–Crippen LogP) is 3.52. The zero-order valence-corrected chi connectivity index (χ0v) is 14.9. The van der Waals surface area contributed by atoms with Crippen LogP contribution in [0.3, 0.4) is 0 Å². The number of hydrogen-bond donors (Lipinski definition) is 0. The number of benzene rings is 2. The van der Waals surface area contributed by atoms with Gasteiger partial charge in [-0.15, -0.1) is 0 Å². The van der Waals surface area contributed by atoms with E-state index < -0.39 is 0 Å². The molecule has 1 aromatic heterocycles. The van der Waals surface area contributed by atoms with E-state index in [4.69, 9.17) is 14.0 Å². The molecule has 0 atom stereocenters. The molecular weight excluding hydrogens is 337 g/mol. The van der Waals surface area contributed by atoms with E-state index in [0.717, 1.165) is 16.9 Å². The number of rotatable bonds is 7. The molecule has 0 bridgehead atoms. The molecule has 3 aromatic rings. The van der Waals surface area contributed by atoms with Crippen molar-refractivity contribution in [3.05, 3.63) is 59.7 Å². The zero-order chi connectivity index (χ0) is 18.5. The van der Waals surface area contributed by atoms with Gasteiger partial charge in [-0.3, -0.25) is 4.90 Å². The molecule has 0 fully saturated rings. The minimum absolute atomic E-state index is 0.234. The quantitative estimate of drug-likeness (QED) is 0.645. The lowest BCUT2D eigenvalue weighted by molar-refractivity contribution is 0.260. The SMILES string of the molecule is COc1ccc(-c2noc(CN(C)Cc3ccc(OC)c(F)c3)n2)cc1. The van der Waals surface area contributed by atoms with Crippen LogP contribution in [0.1, 0.15) is 11.5 Å². The van der Waals surface area contributed by atoms with Crippen LogP contribution in [-0.2, 0) is 13.1 Å². The number of aromatic nitrogens is 2. The zero-order valence-electron chi connectivity index (χ0n) is 14.9. The smallest absolute Gasteiger partial charge is 0.241 e. The molecule has 2 aromatic carbocycles. The van der Waals surface area contributed by atoms with Crippen LogP contribution < -0.4 is 9.47 Å². The van der Waals surface area contributed by atoms with E-state index in [1.54, 1.807) is 13.2 Å². The molecule has 0 N–H and O–H groups in total. The van der Waals surface area contributed by atoms with Gasteiger partial charge in [0.05, 0.1) is 20.8 Å². The first-order valence-corrected chi connectivity index (χ1v) is 8.07. The molecule has 7 heteroatoms. The van der Waals surface area contributed by atoms with E-state index in [1.807, 2.05) is 42.3 Å². The Morgan fingerprint density at radius 3 is 2.46 bits per heavy atom. The molecule has 6 nitrogen and oxygen atoms in total. The molecule has 0 saturated heterocycles. The third kappa shape index (κ3) is 4.18. The highest BCUT2D eigenvalue weighted by Gasteiger charge is 2.12. The summed E-state index contributed by atoms with van der Waals surface area (Å²) in [5, 5.41) is 4.01. The molecule has 0 unspecified atom stereocenters. The summed E-state index contributed by atoms with van der Waals surface area (Å²) in [5.41, 5.74) is 1.68. The monoisotopic (exact) mass is 357 g/mol. The Kier molecular flexibility index (Phi) is 5.48. The van der Waals surface area contributed by atoms with Gasteiger partial charge in [0.1, 0.15) is 5.75 Å². The van der Waals surface area contributed by atoms with Crippen molar-refractivity contribution in [1.82, 2.24) is 15.0 Å². The van der Waals surface area contributed by atoms with E-state index in [1.165, 1.54) is 13.2 Å². The van der Waals surface area contributed by atoms with Gasteiger partial charge in [-0.1, -0.05) is 11.2 Å². The summed E-state index contributed by atoms with van der Waals surface area (Å²) in [5.74, 6) is 1.64. The average Bonchev–Trinajstić information content (AvgIpc) is 3.10. The Labute approximate surface area is 151 Å². The topological polar surface area (TPSA) is 60.6 Å². The maximum Gasteiger partial charge on any atom is 0.241 e. The first-order chi connectivity index (χ1) is 12.6. The molecule has 3 rings (SSSR count). The summed E-state index contributed by atoms with van der Waals surface area (Å²) in [6, 6.07) is 12.3. The molecule has 0 amide bonds. The van der Waals surface area contributed by atoms with Crippen molar-refractivity contribution in [2.24, 2.45) is 0 Å². The number of hydrogen-bond acceptors (Lipinski definition) is 6. The van der Waals surface area contributed by atoms with Crippen molar-refractivity contribution in [3.63, 3.8) is 0 Å². The number of nitrogens with zero attached hydrogens (tertiary/aromatic N) is 3. The third-order valence-electron chi connectivity index (χ3n) is 3.89. The Morgan fingerprint density at radius 1 is 1.04 bits per heavy atom. The van der Waals surface area contributed by atoms with Gasteiger partial charge >= 0.3 is 0 Å². The van der Waals surface area contributed by atoms with Crippen molar-refractivity contribution >= 4 is 0 Å². The standard InChI is InChI=1S/C19H20FN3O3/c1-23(11-13-4-9-17(25-3)16(20)10-13)12-18-21-19(22-26-18)14-5-7-15(24-2)8-6-14/h4-10H,11-12H2,1-3H3. The molecule has 1 heterocycles. The Hall–Kier alpha value is -2.93. The molecule has 0 spiro atoms. The lowest BCUT2D eigenvalue weighted by Crippen LogP contribution is -2.17. The van der Waals surface area contributed by atoms with Crippen LogP contribution in [0.5, 0.6) is 11.5 Å². The second kappa shape index (κ2) is 7.97. The van der Waals surface area contributed by atoms with Crippen molar-refractivity contribution in [2.45, 2.75) is 13.1 Å². The van der Waals surface area contributed by atoms with Gasteiger partial charge in [-0.05, 0) is 49.0 Å². The normalized spacial score (nSPS) is 11.0. The van der Waals surface area contributed by atoms with Crippen molar-refractivity contribution in [1.29, 1.82) is 0 Å². The summed E-state index contributed by atoms with van der Waals surface area (Å²) in [4.78, 5) is 6.37. The van der Waals surface area contributed by atoms with Gasteiger partial charge in [-0.2, -0.15) is 4.98 Å². The summed E-state index contributed by atoms with van der Waals surface area (Å²) in [6.07, 6.45) is 0. The fraction of sp³-hybridized carbons (Fsp3) is 0.263. The Morgan fingerprint density at radius 2 is 1.81 bits per heavy atom. The fourth-order valence-electron chi connectivity index (χ4n) is 2.58. The van der Waals surface area contributed by atoms with Gasteiger partial charge < -0.3 is 14.0 Å². The van der Waals surface area contributed by atoms with E-state index in [9.17, 15) is 4.39 Å². The lowest BCUT2D eigenvalue weighted by Gasteiger charge is -2.14. The first kappa shape index (κ1) is 17.9. The van der Waals surface area contributed by atoms with E-state index in [0.29, 0.717) is 24.8 Å². The van der Waals surface area contributed by atoms with Gasteiger partial charge in [0.15, 0.2) is 11.6 Å². The van der Waals surface area contributed by atoms with Gasteiger partial charge in [-0.25, -0.2) is 4.39 Å². The van der Waals surface area contributed by atoms with Crippen LogP contribution in [0, 0.1) is 5.82 Å². The minimum Gasteiger partial charge on any atom is -0.497 e. The van der Waals surface area contributed by atoms with Crippen molar-refractivity contribution in [2.75, 3.05) is 21.3 Å². The minimum atomic E-state index is -0.377. The molecule has 0 aliphatic rings. The summed E-state index contributed by atoms with van der Waals surface area (Å²) in [7, 11) is 4.96. The predicted molar refractivity (Wildman–Crippen MR) is 94.4 cm³/mol. The van der Waals surface area contributed by atoms with Crippen molar-refractivity contribution < 1.29 is 18.4 Å². The summed E-state index contributed by atoms with van der Waals surface area (Å²) in [6.45, 7) is 0.998. The first-order valence-electron chi connectivity index (χ1n) is 8.07. The maximum absolute atomic E-state index is 13.8. The number of halogens is 1. The van der Waals surface area contributed by atoms with E-state index in [-0.39, 0.29) is 11.6 Å². The van der Waals surface area contributed by atoms with E-state index in [2.05, 4.69) is 10.1 Å². The molecule has 26 heavy (non-hydrogen) atoms. The van der Waals surface area contributed by atoms with E-state index >= 15 is 0 Å². The molecule has 136 valence electrons. The van der Waals surface area contributed by atoms with Crippen LogP contribution in [0.15, 0.2) is 47.0 Å². The van der Waals surface area contributed by atoms with Crippen LogP contribution >= 0.6 is 0 Å². The Bertz CT molecular complexity index is 865. The largest absolute Gasteiger partial charge is 0.497 e. The number of ether oxygens (including phenoxy) is 2. The van der Waals surface area contributed by atoms with Gasteiger partial charge in [0, 0.05) is 12.1 Å². The highest BCUT2D eigenvalue weighted by atomic mass is 19.1. The fourth-order valence-corrected chi connectivity index (χ4v) is 2.58. The molecule has 0 aliphatic heterocycles. The molecular formula is C19H20FN3O3. The number of methoxy groups -OCH3 is 2. The molecule has 0 aliphatic carbocycles. The van der Waals surface area contributed by atoms with Gasteiger partial charge in [0.2, 0.25) is 11.7 Å². The van der Waals surface area contributed by atoms with Crippen LogP contribution in [0.25, 0.3) is 11.4 Å². The summed E-state index contributed by atoms with van der Waals surface area (Å²) < 4.78 is 29.2. The third-order valence-corrected chi connectivity index (χ3v) is 3.89. The lowest BCUT2D eigenvalue weighted by atomic mass is 10.2. The van der Waals surface area contributed by atoms with Crippen molar-refractivity contribution in [3.8, 4) is 22.9 Å². The molecule has 0 radical (unpaired) electrons.